The lowest BCUT2D eigenvalue weighted by Gasteiger charge is -2.37. The zero-order valence-electron chi connectivity index (χ0n) is 21.5. The molecule has 1 unspecified atom stereocenters. The number of amides is 3. The topological polar surface area (TPSA) is 101 Å². The minimum atomic E-state index is -0.747. The number of ether oxygens (including phenoxy) is 3. The van der Waals surface area contributed by atoms with Crippen molar-refractivity contribution >= 4 is 17.9 Å². The van der Waals surface area contributed by atoms with E-state index in [0.717, 1.165) is 32.4 Å². The Morgan fingerprint density at radius 3 is 2.53 bits per heavy atom. The van der Waals surface area contributed by atoms with Crippen molar-refractivity contribution < 1.29 is 28.6 Å². The minimum Gasteiger partial charge on any atom is -0.497 e. The van der Waals surface area contributed by atoms with E-state index in [-0.39, 0.29) is 24.5 Å². The Kier molecular flexibility index (Phi) is 8.03. The number of esters is 1. The number of urea groups is 1. The molecule has 0 spiro atoms. The maximum absolute atomic E-state index is 13.3. The second kappa shape index (κ2) is 11.2. The number of carbonyl (C=O) groups excluding carboxylic acids is 3. The summed E-state index contributed by atoms with van der Waals surface area (Å²) in [6.45, 7) is 5.16. The Bertz CT molecular complexity index is 1040. The fraction of sp³-hybridized carbons (Fsp3) is 0.577. The molecule has 1 saturated heterocycles. The largest absolute Gasteiger partial charge is 0.497 e. The highest BCUT2D eigenvalue weighted by Crippen LogP contribution is 2.38. The van der Waals surface area contributed by atoms with Gasteiger partial charge < -0.3 is 24.4 Å². The van der Waals surface area contributed by atoms with Crippen LogP contribution in [0, 0.1) is 5.92 Å². The van der Waals surface area contributed by atoms with Gasteiger partial charge in [0.2, 0.25) is 5.91 Å². The molecular weight excluding hydrogens is 464 g/mol. The van der Waals surface area contributed by atoms with Crippen molar-refractivity contribution in [3.05, 3.63) is 35.0 Å². The van der Waals surface area contributed by atoms with Crippen LogP contribution in [0.4, 0.5) is 4.79 Å². The average Bonchev–Trinajstić information content (AvgIpc) is 3.74. The van der Waals surface area contributed by atoms with E-state index in [9.17, 15) is 14.4 Å². The summed E-state index contributed by atoms with van der Waals surface area (Å²) in [5, 5.41) is 2.94. The van der Waals surface area contributed by atoms with Gasteiger partial charge in [-0.2, -0.15) is 0 Å². The molecule has 1 aromatic rings. The molecule has 1 atom stereocenters. The van der Waals surface area contributed by atoms with Gasteiger partial charge in [-0.3, -0.25) is 14.6 Å². The standard InChI is InChI=1S/C26H36N4O6/c1-5-36-25(32)22-20(16-29-11-6-12-30(14-13-29)24(31)17-7-8-17)28(2)26(33)27-23(22)19-10-9-18(34-3)15-21(19)35-4/h9-10,15,17,23H,5-8,11-14,16H2,1-4H3,(H,27,33). The lowest BCUT2D eigenvalue weighted by atomic mass is 9.93. The summed E-state index contributed by atoms with van der Waals surface area (Å²) in [5.74, 6) is 1.07. The van der Waals surface area contributed by atoms with Crippen LogP contribution < -0.4 is 14.8 Å². The van der Waals surface area contributed by atoms with Gasteiger partial charge in [0.25, 0.3) is 0 Å². The van der Waals surface area contributed by atoms with E-state index in [1.807, 2.05) is 4.90 Å². The third kappa shape index (κ3) is 5.43. The van der Waals surface area contributed by atoms with E-state index in [0.29, 0.717) is 48.0 Å². The number of hydrogen-bond donors (Lipinski definition) is 1. The monoisotopic (exact) mass is 500 g/mol. The first-order chi connectivity index (χ1) is 17.4. The van der Waals surface area contributed by atoms with Crippen molar-refractivity contribution in [1.29, 1.82) is 0 Å². The molecule has 1 aliphatic carbocycles. The first kappa shape index (κ1) is 25.8. The third-order valence-electron chi connectivity index (χ3n) is 7.02. The van der Waals surface area contributed by atoms with E-state index in [1.54, 1.807) is 39.3 Å². The first-order valence-corrected chi connectivity index (χ1v) is 12.5. The number of nitrogens with zero attached hydrogens (tertiary/aromatic N) is 3. The molecule has 196 valence electrons. The zero-order valence-corrected chi connectivity index (χ0v) is 21.5. The second-order valence-corrected chi connectivity index (χ2v) is 9.36. The number of rotatable bonds is 8. The lowest BCUT2D eigenvalue weighted by Crippen LogP contribution is -2.49. The van der Waals surface area contributed by atoms with Crippen molar-refractivity contribution in [3.8, 4) is 11.5 Å². The van der Waals surface area contributed by atoms with Crippen molar-refractivity contribution in [2.24, 2.45) is 5.92 Å². The van der Waals surface area contributed by atoms with Gasteiger partial charge in [-0.1, -0.05) is 0 Å². The SMILES string of the molecule is CCOC(=O)C1=C(CN2CCCN(C(=O)C3CC3)CC2)N(C)C(=O)NC1c1ccc(OC)cc1OC. The number of carbonyl (C=O) groups is 3. The number of likely N-dealkylation sites (N-methyl/N-ethyl adjacent to an activating group) is 1. The normalized spacial score (nSPS) is 21.1. The summed E-state index contributed by atoms with van der Waals surface area (Å²) in [4.78, 5) is 44.6. The van der Waals surface area contributed by atoms with Crippen LogP contribution in [0.1, 0.15) is 37.8 Å². The van der Waals surface area contributed by atoms with Crippen LogP contribution in [-0.4, -0.2) is 93.2 Å². The Morgan fingerprint density at radius 1 is 1.08 bits per heavy atom. The molecule has 1 saturated carbocycles. The van der Waals surface area contributed by atoms with Crippen molar-refractivity contribution in [2.75, 3.05) is 60.6 Å². The van der Waals surface area contributed by atoms with Gasteiger partial charge in [0.05, 0.1) is 32.4 Å². The van der Waals surface area contributed by atoms with Crippen LogP contribution >= 0.6 is 0 Å². The lowest BCUT2D eigenvalue weighted by molar-refractivity contribution is -0.139. The molecule has 0 bridgehead atoms. The molecule has 2 fully saturated rings. The smallest absolute Gasteiger partial charge is 0.338 e. The Labute approximate surface area is 212 Å². The molecule has 2 aliphatic heterocycles. The maximum atomic E-state index is 13.3. The molecule has 3 aliphatic rings. The predicted octanol–water partition coefficient (Wildman–Crippen LogP) is 2.16. The molecule has 1 N–H and O–H groups in total. The molecule has 10 nitrogen and oxygen atoms in total. The summed E-state index contributed by atoms with van der Waals surface area (Å²) in [7, 11) is 4.76. The molecule has 0 aromatic heterocycles. The summed E-state index contributed by atoms with van der Waals surface area (Å²) >= 11 is 0. The van der Waals surface area contributed by atoms with Crippen LogP contribution in [0.25, 0.3) is 0 Å². The maximum Gasteiger partial charge on any atom is 0.338 e. The molecule has 10 heteroatoms. The van der Waals surface area contributed by atoms with Crippen LogP contribution in [0.3, 0.4) is 0 Å². The predicted molar refractivity (Wildman–Crippen MR) is 133 cm³/mol. The van der Waals surface area contributed by atoms with Crippen LogP contribution in [0.2, 0.25) is 0 Å². The molecule has 0 radical (unpaired) electrons. The van der Waals surface area contributed by atoms with E-state index in [2.05, 4.69) is 10.2 Å². The van der Waals surface area contributed by atoms with Gasteiger partial charge in [-0.25, -0.2) is 9.59 Å². The van der Waals surface area contributed by atoms with Crippen molar-refractivity contribution in [3.63, 3.8) is 0 Å². The zero-order chi connectivity index (χ0) is 25.8. The fourth-order valence-electron chi connectivity index (χ4n) is 4.84. The first-order valence-electron chi connectivity index (χ1n) is 12.5. The van der Waals surface area contributed by atoms with E-state index >= 15 is 0 Å². The number of benzene rings is 1. The molecule has 4 rings (SSSR count). The molecular formula is C26H36N4O6. The van der Waals surface area contributed by atoms with Gasteiger partial charge in [-0.15, -0.1) is 0 Å². The highest BCUT2D eigenvalue weighted by molar-refractivity contribution is 5.95. The molecule has 2 heterocycles. The number of nitrogens with one attached hydrogen (secondary N) is 1. The summed E-state index contributed by atoms with van der Waals surface area (Å²) < 4.78 is 16.3. The van der Waals surface area contributed by atoms with Crippen molar-refractivity contribution in [1.82, 2.24) is 20.0 Å². The van der Waals surface area contributed by atoms with Crippen LogP contribution in [-0.2, 0) is 14.3 Å². The summed E-state index contributed by atoms with van der Waals surface area (Å²) in [6.07, 6.45) is 2.82. The van der Waals surface area contributed by atoms with Gasteiger partial charge in [-0.05, 0) is 38.3 Å². The summed E-state index contributed by atoms with van der Waals surface area (Å²) in [5.41, 5.74) is 1.59. The number of methoxy groups -OCH3 is 2. The quantitative estimate of drug-likeness (QED) is 0.546. The molecule has 1 aromatic carbocycles. The Balaban J connectivity index is 1.67. The average molecular weight is 501 g/mol. The Morgan fingerprint density at radius 2 is 1.86 bits per heavy atom. The second-order valence-electron chi connectivity index (χ2n) is 9.36. The van der Waals surface area contributed by atoms with Crippen molar-refractivity contribution in [2.45, 2.75) is 32.2 Å². The third-order valence-corrected chi connectivity index (χ3v) is 7.02. The van der Waals surface area contributed by atoms with E-state index in [1.165, 1.54) is 12.0 Å². The van der Waals surface area contributed by atoms with Gasteiger partial charge >= 0.3 is 12.0 Å². The molecule has 3 amide bonds. The highest BCUT2D eigenvalue weighted by Gasteiger charge is 2.39. The van der Waals surface area contributed by atoms with Crippen LogP contribution in [0.15, 0.2) is 29.5 Å². The van der Waals surface area contributed by atoms with E-state index < -0.39 is 12.0 Å². The van der Waals surface area contributed by atoms with E-state index in [4.69, 9.17) is 14.2 Å². The van der Waals surface area contributed by atoms with Gasteiger partial charge in [0.1, 0.15) is 11.5 Å². The Hall–Kier alpha value is -3.27. The van der Waals surface area contributed by atoms with Crippen LogP contribution in [0.5, 0.6) is 11.5 Å². The summed E-state index contributed by atoms with van der Waals surface area (Å²) in [6, 6.07) is 4.22. The molecule has 36 heavy (non-hydrogen) atoms. The van der Waals surface area contributed by atoms with Gasteiger partial charge in [0.15, 0.2) is 0 Å². The van der Waals surface area contributed by atoms with Gasteiger partial charge in [0, 0.05) is 63.0 Å². The minimum absolute atomic E-state index is 0.197. The number of hydrogen-bond acceptors (Lipinski definition) is 7. The fourth-order valence-corrected chi connectivity index (χ4v) is 4.84. The highest BCUT2D eigenvalue weighted by atomic mass is 16.5.